The van der Waals surface area contributed by atoms with Gasteiger partial charge >= 0.3 is 0 Å². The van der Waals surface area contributed by atoms with Crippen LogP contribution in [0.2, 0.25) is 0 Å². The molecule has 1 saturated heterocycles. The molecule has 5 heteroatoms. The van der Waals surface area contributed by atoms with Crippen molar-refractivity contribution in [1.82, 2.24) is 10.6 Å². The van der Waals surface area contributed by atoms with Crippen LogP contribution in [0.25, 0.3) is 0 Å². The van der Waals surface area contributed by atoms with Crippen molar-refractivity contribution in [2.45, 2.75) is 70.5 Å². The number of anilines is 1. The average Bonchev–Trinajstić information content (AvgIpc) is 2.98. The highest BCUT2D eigenvalue weighted by molar-refractivity contribution is 5.97. The minimum absolute atomic E-state index is 0.0290. The van der Waals surface area contributed by atoms with Crippen molar-refractivity contribution in [1.29, 1.82) is 0 Å². The lowest BCUT2D eigenvalue weighted by Crippen LogP contribution is -2.40. The molecular formula is C20H29N3O2. The Morgan fingerprint density at radius 3 is 2.40 bits per heavy atom. The third-order valence-electron chi connectivity index (χ3n) is 5.08. The molecule has 1 aliphatic carbocycles. The number of fused-ring (bicyclic) bond motifs is 1. The normalized spacial score (nSPS) is 26.0. The Labute approximate surface area is 150 Å². The van der Waals surface area contributed by atoms with E-state index in [2.05, 4.69) is 16.0 Å². The average molecular weight is 343 g/mol. The van der Waals surface area contributed by atoms with E-state index in [0.717, 1.165) is 12.1 Å². The molecule has 2 aliphatic rings. The first-order chi connectivity index (χ1) is 11.8. The summed E-state index contributed by atoms with van der Waals surface area (Å²) < 4.78 is 0. The van der Waals surface area contributed by atoms with Gasteiger partial charge in [-0.15, -0.1) is 0 Å². The Hall–Kier alpha value is -1.88. The molecule has 0 spiro atoms. The third-order valence-corrected chi connectivity index (χ3v) is 5.08. The first-order valence-electron chi connectivity index (χ1n) is 9.31. The summed E-state index contributed by atoms with van der Waals surface area (Å²) in [5, 5.41) is 9.40. The quantitative estimate of drug-likeness (QED) is 0.790. The predicted octanol–water partition coefficient (Wildman–Crippen LogP) is 3.07. The van der Waals surface area contributed by atoms with Crippen LogP contribution in [0.5, 0.6) is 0 Å². The van der Waals surface area contributed by atoms with Gasteiger partial charge in [0.05, 0.1) is 6.04 Å². The lowest BCUT2D eigenvalue weighted by atomic mass is 9.85. The highest BCUT2D eigenvalue weighted by atomic mass is 16.2. The molecule has 0 bridgehead atoms. The Bertz CT molecular complexity index is 619. The van der Waals surface area contributed by atoms with Crippen LogP contribution in [0.4, 0.5) is 5.69 Å². The fraction of sp³-hybridized carbons (Fsp3) is 0.600. The monoisotopic (exact) mass is 343 g/mol. The van der Waals surface area contributed by atoms with Gasteiger partial charge in [0.15, 0.2) is 0 Å². The van der Waals surface area contributed by atoms with Crippen LogP contribution >= 0.6 is 0 Å². The summed E-state index contributed by atoms with van der Waals surface area (Å²) >= 11 is 0. The van der Waals surface area contributed by atoms with Crippen LogP contribution in [-0.4, -0.2) is 29.4 Å². The van der Waals surface area contributed by atoms with Gasteiger partial charge in [-0.05, 0) is 70.2 Å². The van der Waals surface area contributed by atoms with Crippen molar-refractivity contribution in [3.63, 3.8) is 0 Å². The fourth-order valence-corrected chi connectivity index (χ4v) is 3.87. The minimum atomic E-state index is -0.269. The molecule has 25 heavy (non-hydrogen) atoms. The zero-order valence-electron chi connectivity index (χ0n) is 15.4. The molecule has 1 aromatic carbocycles. The largest absolute Gasteiger partial charge is 0.347 e. The summed E-state index contributed by atoms with van der Waals surface area (Å²) in [4.78, 5) is 24.7. The molecule has 3 atom stereocenters. The molecule has 136 valence electrons. The van der Waals surface area contributed by atoms with Crippen molar-refractivity contribution in [3.8, 4) is 0 Å². The second-order valence-corrected chi connectivity index (χ2v) is 8.38. The van der Waals surface area contributed by atoms with Gasteiger partial charge in [-0.1, -0.05) is 12.8 Å². The second kappa shape index (κ2) is 7.16. The summed E-state index contributed by atoms with van der Waals surface area (Å²) in [6, 6.07) is 7.48. The van der Waals surface area contributed by atoms with Gasteiger partial charge < -0.3 is 16.0 Å². The van der Waals surface area contributed by atoms with E-state index >= 15 is 0 Å². The summed E-state index contributed by atoms with van der Waals surface area (Å²) in [6.45, 7) is 5.85. The van der Waals surface area contributed by atoms with Gasteiger partial charge in [0.25, 0.3) is 5.91 Å². The third kappa shape index (κ3) is 4.60. The first-order valence-corrected chi connectivity index (χ1v) is 9.31. The van der Waals surface area contributed by atoms with E-state index in [0.29, 0.717) is 17.5 Å². The molecule has 3 N–H and O–H groups in total. The number of amides is 2. The number of hydrogen-bond acceptors (Lipinski definition) is 3. The van der Waals surface area contributed by atoms with E-state index in [9.17, 15) is 9.59 Å². The van der Waals surface area contributed by atoms with Crippen molar-refractivity contribution in [2.24, 2.45) is 5.92 Å². The van der Waals surface area contributed by atoms with Gasteiger partial charge in [0.1, 0.15) is 0 Å². The Balaban J connectivity index is 1.56. The van der Waals surface area contributed by atoms with Crippen molar-refractivity contribution >= 4 is 17.5 Å². The number of nitrogens with one attached hydrogen (secondary N) is 3. The number of carbonyl (C=O) groups excluding carboxylic acids is 2. The van der Waals surface area contributed by atoms with Gasteiger partial charge in [0, 0.05) is 22.8 Å². The van der Waals surface area contributed by atoms with Crippen LogP contribution in [0.15, 0.2) is 24.3 Å². The maximum Gasteiger partial charge on any atom is 0.251 e. The predicted molar refractivity (Wildman–Crippen MR) is 99.6 cm³/mol. The van der Waals surface area contributed by atoms with E-state index in [-0.39, 0.29) is 23.4 Å². The molecule has 3 unspecified atom stereocenters. The summed E-state index contributed by atoms with van der Waals surface area (Å²) in [6.07, 6.45) is 5.91. The van der Waals surface area contributed by atoms with Gasteiger partial charge in [-0.25, -0.2) is 0 Å². The molecule has 0 radical (unpaired) electrons. The highest BCUT2D eigenvalue weighted by Gasteiger charge is 2.38. The van der Waals surface area contributed by atoms with E-state index < -0.39 is 0 Å². The van der Waals surface area contributed by atoms with Crippen molar-refractivity contribution in [2.75, 3.05) is 5.32 Å². The standard InChI is InChI=1S/C20H29N3O2/c1-20(2,3)23-18(24)13-8-10-15(11-9-13)21-19(25)17-12-14-6-4-5-7-16(14)22-17/h8-11,14,16-17,22H,4-7,12H2,1-3H3,(H,21,25)(H,23,24). The summed E-state index contributed by atoms with van der Waals surface area (Å²) in [5.41, 5.74) is 1.06. The van der Waals surface area contributed by atoms with Crippen molar-refractivity contribution < 1.29 is 9.59 Å². The van der Waals surface area contributed by atoms with Gasteiger partial charge in [0.2, 0.25) is 5.91 Å². The molecule has 0 aromatic heterocycles. The summed E-state index contributed by atoms with van der Waals surface area (Å²) in [7, 11) is 0. The first kappa shape index (κ1) is 17.9. The number of benzene rings is 1. The minimum Gasteiger partial charge on any atom is -0.347 e. The highest BCUT2D eigenvalue weighted by Crippen LogP contribution is 2.33. The van der Waals surface area contributed by atoms with Gasteiger partial charge in [-0.2, -0.15) is 0 Å². The van der Waals surface area contributed by atoms with E-state index in [1.165, 1.54) is 25.7 Å². The molecule has 1 aromatic rings. The zero-order valence-corrected chi connectivity index (χ0v) is 15.4. The van der Waals surface area contributed by atoms with E-state index in [1.807, 2.05) is 20.8 Å². The molecule has 1 heterocycles. The SMILES string of the molecule is CC(C)(C)NC(=O)c1ccc(NC(=O)C2CC3CCCCC3N2)cc1. The fourth-order valence-electron chi connectivity index (χ4n) is 3.87. The van der Waals surface area contributed by atoms with E-state index in [1.54, 1.807) is 24.3 Å². The van der Waals surface area contributed by atoms with E-state index in [4.69, 9.17) is 0 Å². The maximum atomic E-state index is 12.5. The number of hydrogen-bond donors (Lipinski definition) is 3. The molecule has 1 saturated carbocycles. The molecular weight excluding hydrogens is 314 g/mol. The molecule has 5 nitrogen and oxygen atoms in total. The van der Waals surface area contributed by atoms with Crippen LogP contribution < -0.4 is 16.0 Å². The molecule has 2 fully saturated rings. The van der Waals surface area contributed by atoms with Crippen LogP contribution in [-0.2, 0) is 4.79 Å². The zero-order chi connectivity index (χ0) is 18.0. The smallest absolute Gasteiger partial charge is 0.251 e. The topological polar surface area (TPSA) is 70.2 Å². The maximum absolute atomic E-state index is 12.5. The molecule has 1 aliphatic heterocycles. The van der Waals surface area contributed by atoms with Crippen molar-refractivity contribution in [3.05, 3.63) is 29.8 Å². The Kier molecular flexibility index (Phi) is 5.13. The Morgan fingerprint density at radius 2 is 1.76 bits per heavy atom. The van der Waals surface area contributed by atoms with Crippen LogP contribution in [0.1, 0.15) is 63.2 Å². The lowest BCUT2D eigenvalue weighted by Gasteiger charge is -2.24. The second-order valence-electron chi connectivity index (χ2n) is 8.38. The number of rotatable bonds is 3. The Morgan fingerprint density at radius 1 is 1.08 bits per heavy atom. The molecule has 2 amide bonds. The molecule has 3 rings (SSSR count). The van der Waals surface area contributed by atoms with Crippen LogP contribution in [0.3, 0.4) is 0 Å². The number of carbonyl (C=O) groups is 2. The van der Waals surface area contributed by atoms with Crippen LogP contribution in [0, 0.1) is 5.92 Å². The lowest BCUT2D eigenvalue weighted by molar-refractivity contribution is -0.117. The summed E-state index contributed by atoms with van der Waals surface area (Å²) in [5.74, 6) is 0.571. The van der Waals surface area contributed by atoms with Gasteiger partial charge in [-0.3, -0.25) is 9.59 Å².